The third-order valence-corrected chi connectivity index (χ3v) is 11.9. The Bertz CT molecular complexity index is 3280. The largest absolute Gasteiger partial charge is 0.309 e. The summed E-state index contributed by atoms with van der Waals surface area (Å²) in [4.78, 5) is 15.1. The number of nitrogens with zero attached hydrogens (tertiary/aromatic N) is 4. The number of hydrogen-bond acceptors (Lipinski definition) is 3. The molecule has 12 rings (SSSR count). The van der Waals surface area contributed by atoms with Crippen molar-refractivity contribution in [2.75, 3.05) is 0 Å². The summed E-state index contributed by atoms with van der Waals surface area (Å²) < 4.78 is 2.49. The van der Waals surface area contributed by atoms with E-state index in [0.29, 0.717) is 17.5 Å². The molecule has 4 heteroatoms. The third kappa shape index (κ3) is 4.53. The van der Waals surface area contributed by atoms with Gasteiger partial charge in [0.25, 0.3) is 0 Å². The van der Waals surface area contributed by atoms with E-state index in [2.05, 4.69) is 144 Å². The summed E-state index contributed by atoms with van der Waals surface area (Å²) in [6.07, 6.45) is 9.75. The minimum absolute atomic E-state index is 0.517. The van der Waals surface area contributed by atoms with Crippen LogP contribution in [0.25, 0.3) is 78.1 Å². The highest BCUT2D eigenvalue weighted by atomic mass is 15.0. The van der Waals surface area contributed by atoms with Crippen molar-refractivity contribution in [3.63, 3.8) is 0 Å². The SMILES string of the molecule is C1=CC=CC(c2nc(-c3ccccc3)nc(-c3cccc(-c4ccc5c(c4)C4(c6ccccc6-5)c5ccccc5-n5c6ccccc6c6cccc4c65)c3)n2)=CC=1. The van der Waals surface area contributed by atoms with Gasteiger partial charge in [-0.15, -0.1) is 5.73 Å². The van der Waals surface area contributed by atoms with E-state index < -0.39 is 5.41 Å². The molecule has 0 saturated heterocycles. The molecule has 0 amide bonds. The van der Waals surface area contributed by atoms with Crippen molar-refractivity contribution in [2.24, 2.45) is 0 Å². The van der Waals surface area contributed by atoms with Crippen molar-refractivity contribution in [3.05, 3.63) is 228 Å². The molecule has 0 saturated carbocycles. The summed E-state index contributed by atoms with van der Waals surface area (Å²) >= 11 is 0. The maximum atomic E-state index is 5.06. The van der Waals surface area contributed by atoms with Crippen LogP contribution in [-0.4, -0.2) is 19.5 Å². The normalized spacial score (nSPS) is 15.8. The average molecular weight is 725 g/mol. The topological polar surface area (TPSA) is 43.6 Å². The van der Waals surface area contributed by atoms with Crippen molar-refractivity contribution in [1.29, 1.82) is 0 Å². The summed E-state index contributed by atoms with van der Waals surface area (Å²) in [6, 6.07) is 59.5. The van der Waals surface area contributed by atoms with E-state index in [9.17, 15) is 0 Å². The molecule has 0 bridgehead atoms. The number of rotatable bonds is 4. The molecule has 3 aliphatic rings. The number of benzene rings is 7. The summed E-state index contributed by atoms with van der Waals surface area (Å²) in [5, 5.41) is 2.55. The minimum atomic E-state index is -0.517. The monoisotopic (exact) mass is 724 g/mol. The Morgan fingerprint density at radius 2 is 1.12 bits per heavy atom. The van der Waals surface area contributed by atoms with Crippen LogP contribution in [0.5, 0.6) is 0 Å². The first kappa shape index (κ1) is 31.7. The lowest BCUT2D eigenvalue weighted by Gasteiger charge is -2.39. The van der Waals surface area contributed by atoms with Gasteiger partial charge in [-0.1, -0.05) is 152 Å². The Hall–Kier alpha value is -7.65. The molecular weight excluding hydrogens is 693 g/mol. The molecule has 1 unspecified atom stereocenters. The smallest absolute Gasteiger partial charge is 0.164 e. The molecule has 2 aromatic heterocycles. The second-order valence-corrected chi connectivity index (χ2v) is 14.9. The zero-order valence-corrected chi connectivity index (χ0v) is 30.8. The van der Waals surface area contributed by atoms with E-state index in [4.69, 9.17) is 15.0 Å². The van der Waals surface area contributed by atoms with Gasteiger partial charge in [0, 0.05) is 27.5 Å². The minimum Gasteiger partial charge on any atom is -0.309 e. The zero-order chi connectivity index (χ0) is 37.5. The Balaban J connectivity index is 1.08. The molecule has 0 N–H and O–H groups in total. The van der Waals surface area contributed by atoms with Crippen molar-refractivity contribution in [3.8, 4) is 50.7 Å². The lowest BCUT2D eigenvalue weighted by atomic mass is 9.65. The van der Waals surface area contributed by atoms with Crippen molar-refractivity contribution < 1.29 is 0 Å². The van der Waals surface area contributed by atoms with Gasteiger partial charge >= 0.3 is 0 Å². The Morgan fingerprint density at radius 3 is 2.05 bits per heavy atom. The molecule has 4 nitrogen and oxygen atoms in total. The highest BCUT2D eigenvalue weighted by Gasteiger charge is 2.50. The highest BCUT2D eigenvalue weighted by molar-refractivity contribution is 6.12. The van der Waals surface area contributed by atoms with Gasteiger partial charge < -0.3 is 4.57 Å². The average Bonchev–Trinajstić information content (AvgIpc) is 3.60. The molecule has 9 aromatic rings. The van der Waals surface area contributed by atoms with Crippen molar-refractivity contribution >= 4 is 27.4 Å². The molecule has 264 valence electrons. The van der Waals surface area contributed by atoms with Crippen LogP contribution in [0.3, 0.4) is 0 Å². The Morgan fingerprint density at radius 1 is 0.456 bits per heavy atom. The van der Waals surface area contributed by atoms with E-state index in [1.54, 1.807) is 0 Å². The fourth-order valence-corrected chi connectivity index (χ4v) is 9.54. The number of para-hydroxylation sites is 3. The van der Waals surface area contributed by atoms with Crippen molar-refractivity contribution in [2.45, 2.75) is 5.41 Å². The number of hydrogen-bond donors (Lipinski definition) is 0. The van der Waals surface area contributed by atoms with Crippen LogP contribution in [0.4, 0.5) is 0 Å². The summed E-state index contributed by atoms with van der Waals surface area (Å²) in [5.74, 6) is 1.88. The first-order chi connectivity index (χ1) is 28.3. The molecule has 57 heavy (non-hydrogen) atoms. The van der Waals surface area contributed by atoms with Crippen LogP contribution in [0.15, 0.2) is 200 Å². The molecule has 0 fully saturated rings. The standard InChI is InChI=1S/C53H32N4/c1-2-5-17-34(16-4-1)50-54-51(35-18-6-3-7-19-35)56-52(55-50)38-21-14-20-36(32-38)37-30-31-40-39-22-8-10-25-43(39)53(46(40)33-37)44-26-11-13-29-48(44)57-47-28-12-9-23-41(47)42-24-15-27-45(53)49(42)57/h1,3-33H. The highest BCUT2D eigenvalue weighted by Crippen LogP contribution is 2.61. The van der Waals surface area contributed by atoms with Crippen LogP contribution in [-0.2, 0) is 5.41 Å². The van der Waals surface area contributed by atoms with Crippen LogP contribution < -0.4 is 0 Å². The maximum Gasteiger partial charge on any atom is 0.164 e. The fraction of sp³-hybridized carbons (Fsp3) is 0.0189. The molecule has 0 radical (unpaired) electrons. The van der Waals surface area contributed by atoms with Crippen LogP contribution in [0, 0.1) is 0 Å². The van der Waals surface area contributed by atoms with Gasteiger partial charge in [-0.3, -0.25) is 0 Å². The lowest BCUT2D eigenvalue weighted by molar-refractivity contribution is 0.749. The predicted molar refractivity (Wildman–Crippen MR) is 231 cm³/mol. The summed E-state index contributed by atoms with van der Waals surface area (Å²) in [6.45, 7) is 0. The third-order valence-electron chi connectivity index (χ3n) is 11.9. The zero-order valence-electron chi connectivity index (χ0n) is 30.8. The van der Waals surface area contributed by atoms with E-state index in [1.807, 2.05) is 60.7 Å². The van der Waals surface area contributed by atoms with Crippen molar-refractivity contribution in [1.82, 2.24) is 19.5 Å². The van der Waals surface area contributed by atoms with E-state index in [1.165, 1.54) is 60.9 Å². The van der Waals surface area contributed by atoms with Gasteiger partial charge in [0.2, 0.25) is 0 Å². The van der Waals surface area contributed by atoms with Gasteiger partial charge in [0.05, 0.1) is 22.1 Å². The Kier molecular flexibility index (Phi) is 6.77. The van der Waals surface area contributed by atoms with Gasteiger partial charge in [-0.2, -0.15) is 0 Å². The van der Waals surface area contributed by atoms with E-state index >= 15 is 0 Å². The first-order valence-corrected chi connectivity index (χ1v) is 19.4. The molecule has 1 atom stereocenters. The van der Waals surface area contributed by atoms with Crippen LogP contribution >= 0.6 is 0 Å². The van der Waals surface area contributed by atoms with E-state index in [-0.39, 0.29) is 0 Å². The number of allylic oxidation sites excluding steroid dienone is 5. The lowest BCUT2D eigenvalue weighted by Crippen LogP contribution is -2.33. The van der Waals surface area contributed by atoms with Gasteiger partial charge in [-0.05, 0) is 87.0 Å². The van der Waals surface area contributed by atoms with Gasteiger partial charge in [-0.25, -0.2) is 15.0 Å². The van der Waals surface area contributed by atoms with Gasteiger partial charge in [0.15, 0.2) is 17.5 Å². The maximum absolute atomic E-state index is 5.06. The number of aromatic nitrogens is 4. The Labute approximate surface area is 329 Å². The second kappa shape index (κ2) is 12.2. The molecule has 3 heterocycles. The summed E-state index contributed by atoms with van der Waals surface area (Å²) in [7, 11) is 0. The number of fused-ring (bicyclic) bond motifs is 12. The van der Waals surface area contributed by atoms with Crippen LogP contribution in [0.1, 0.15) is 28.1 Å². The van der Waals surface area contributed by atoms with Gasteiger partial charge in [0.1, 0.15) is 0 Å². The molecular formula is C53H32N4. The molecule has 2 aliphatic carbocycles. The van der Waals surface area contributed by atoms with Crippen LogP contribution in [0.2, 0.25) is 0 Å². The quantitative estimate of drug-likeness (QED) is 0.170. The fourth-order valence-electron chi connectivity index (χ4n) is 9.54. The molecule has 1 aliphatic heterocycles. The first-order valence-electron chi connectivity index (χ1n) is 19.4. The molecule has 1 spiro atoms. The van der Waals surface area contributed by atoms with E-state index in [0.717, 1.165) is 27.8 Å². The summed E-state index contributed by atoms with van der Waals surface area (Å²) in [5.41, 5.74) is 19.1. The second-order valence-electron chi connectivity index (χ2n) is 14.9. The predicted octanol–water partition coefficient (Wildman–Crippen LogP) is 12.3. The molecule has 7 aromatic carbocycles.